The summed E-state index contributed by atoms with van der Waals surface area (Å²) in [5.74, 6) is 2.42. The van der Waals surface area contributed by atoms with E-state index in [4.69, 9.17) is 33.8 Å². The second-order valence-corrected chi connectivity index (χ2v) is 9.76. The van der Waals surface area contributed by atoms with E-state index in [2.05, 4.69) is 5.32 Å². The van der Waals surface area contributed by atoms with Gasteiger partial charge in [0, 0.05) is 37.1 Å². The lowest BCUT2D eigenvalue weighted by atomic mass is 9.88. The van der Waals surface area contributed by atoms with Crippen LogP contribution in [0.3, 0.4) is 0 Å². The summed E-state index contributed by atoms with van der Waals surface area (Å²) in [6, 6.07) is 20.7. The van der Waals surface area contributed by atoms with Crippen LogP contribution < -0.4 is 24.3 Å². The van der Waals surface area contributed by atoms with Gasteiger partial charge in [-0.25, -0.2) is 4.99 Å². The van der Waals surface area contributed by atoms with E-state index in [1.54, 1.807) is 33.5 Å². The van der Waals surface area contributed by atoms with Gasteiger partial charge >= 0.3 is 0 Å². The lowest BCUT2D eigenvalue weighted by Gasteiger charge is -2.27. The standard InChI is InChI=1S/C33H38N2O7/c1-23-33(17-8-12-24-10-6-5-7-11-24,35-31(42-23)25-13-15-26(16-14-25)41-19-9-18-36)32(37)34-22-28-29(39-3)20-27(38-2)21-30(28)40-4/h5-8,10-16,20-21,23,36H,9,17-19,22H2,1-4H3,(H,34,37)/b12-8+/t23-,33-/m1/s1. The van der Waals surface area contributed by atoms with Gasteiger partial charge in [0.1, 0.15) is 29.1 Å². The summed E-state index contributed by atoms with van der Waals surface area (Å²) >= 11 is 0. The Hall–Kier alpha value is -4.50. The first kappa shape index (κ1) is 30.5. The molecule has 0 saturated heterocycles. The van der Waals surface area contributed by atoms with Crippen molar-refractivity contribution in [1.82, 2.24) is 5.32 Å². The van der Waals surface area contributed by atoms with Gasteiger partial charge in [0.2, 0.25) is 5.90 Å². The third-order valence-electron chi connectivity index (χ3n) is 7.11. The summed E-state index contributed by atoms with van der Waals surface area (Å²) in [4.78, 5) is 18.9. The highest BCUT2D eigenvalue weighted by Crippen LogP contribution is 2.36. The molecule has 4 rings (SSSR count). The van der Waals surface area contributed by atoms with E-state index in [9.17, 15) is 4.79 Å². The van der Waals surface area contributed by atoms with Crippen molar-refractivity contribution in [2.45, 2.75) is 38.0 Å². The molecule has 0 spiro atoms. The summed E-state index contributed by atoms with van der Waals surface area (Å²) in [5.41, 5.74) is 1.21. The van der Waals surface area contributed by atoms with Crippen LogP contribution >= 0.6 is 0 Å². The number of benzene rings is 3. The van der Waals surface area contributed by atoms with Crippen molar-refractivity contribution < 1.29 is 33.6 Å². The number of methoxy groups -OCH3 is 3. The van der Waals surface area contributed by atoms with E-state index in [1.807, 2.05) is 73.7 Å². The van der Waals surface area contributed by atoms with E-state index < -0.39 is 11.6 Å². The Morgan fingerprint density at radius 1 is 1.00 bits per heavy atom. The molecule has 0 fully saturated rings. The van der Waals surface area contributed by atoms with Gasteiger partial charge in [-0.15, -0.1) is 0 Å². The van der Waals surface area contributed by atoms with E-state index in [0.29, 0.717) is 53.9 Å². The smallest absolute Gasteiger partial charge is 0.252 e. The second kappa shape index (κ2) is 14.4. The quantitative estimate of drug-likeness (QED) is 0.267. The Morgan fingerprint density at radius 3 is 2.31 bits per heavy atom. The molecule has 0 saturated carbocycles. The molecule has 2 atom stereocenters. The number of carbonyl (C=O) groups excluding carboxylic acids is 1. The Labute approximate surface area is 246 Å². The molecule has 0 bridgehead atoms. The largest absolute Gasteiger partial charge is 0.496 e. The molecular formula is C33H38N2O7. The molecule has 42 heavy (non-hydrogen) atoms. The fourth-order valence-electron chi connectivity index (χ4n) is 4.70. The van der Waals surface area contributed by atoms with Crippen molar-refractivity contribution in [3.05, 3.63) is 89.5 Å². The average Bonchev–Trinajstić information content (AvgIpc) is 3.37. The molecule has 1 amide bonds. The fraction of sp³-hybridized carbons (Fsp3) is 0.333. The fourth-order valence-corrected chi connectivity index (χ4v) is 4.70. The van der Waals surface area contributed by atoms with E-state index >= 15 is 0 Å². The van der Waals surface area contributed by atoms with Crippen LogP contribution in [-0.4, -0.2) is 63.1 Å². The Balaban J connectivity index is 1.62. The van der Waals surface area contributed by atoms with Crippen LogP contribution in [0.15, 0.2) is 77.8 Å². The van der Waals surface area contributed by atoms with E-state index in [-0.39, 0.29) is 19.1 Å². The van der Waals surface area contributed by atoms with Gasteiger partial charge in [-0.05, 0) is 36.8 Å². The molecule has 222 valence electrons. The van der Waals surface area contributed by atoms with Gasteiger partial charge in [0.15, 0.2) is 5.54 Å². The maximum atomic E-state index is 14.0. The molecule has 0 aliphatic carbocycles. The van der Waals surface area contributed by atoms with Gasteiger partial charge in [0.25, 0.3) is 5.91 Å². The molecule has 1 aliphatic rings. The highest BCUT2D eigenvalue weighted by Gasteiger charge is 2.49. The van der Waals surface area contributed by atoms with Crippen LogP contribution in [0.1, 0.15) is 36.5 Å². The molecule has 1 heterocycles. The number of rotatable bonds is 14. The van der Waals surface area contributed by atoms with Crippen LogP contribution in [0.5, 0.6) is 23.0 Å². The normalized spacial score (nSPS) is 17.8. The van der Waals surface area contributed by atoms with Gasteiger partial charge < -0.3 is 34.1 Å². The predicted molar refractivity (Wildman–Crippen MR) is 161 cm³/mol. The Bertz CT molecular complexity index is 1360. The van der Waals surface area contributed by atoms with Gasteiger partial charge in [-0.1, -0.05) is 42.5 Å². The van der Waals surface area contributed by atoms with Crippen molar-refractivity contribution in [1.29, 1.82) is 0 Å². The van der Waals surface area contributed by atoms with Crippen LogP contribution in [0.4, 0.5) is 0 Å². The first-order valence-electron chi connectivity index (χ1n) is 13.8. The van der Waals surface area contributed by atoms with E-state index in [0.717, 1.165) is 11.1 Å². The van der Waals surface area contributed by atoms with Crippen molar-refractivity contribution in [2.75, 3.05) is 34.5 Å². The molecule has 0 unspecified atom stereocenters. The lowest BCUT2D eigenvalue weighted by molar-refractivity contribution is -0.128. The number of aliphatic hydroxyl groups excluding tert-OH is 1. The SMILES string of the molecule is COc1cc(OC)c(CNC(=O)[C@]2(C/C=C/c3ccccc3)N=C(c3ccc(OCCCO)cc3)O[C@@H]2C)c(OC)c1. The number of ether oxygens (including phenoxy) is 5. The zero-order chi connectivity index (χ0) is 30.0. The first-order valence-corrected chi connectivity index (χ1v) is 13.8. The molecule has 3 aromatic carbocycles. The highest BCUT2D eigenvalue weighted by molar-refractivity contribution is 6.01. The molecule has 0 aromatic heterocycles. The second-order valence-electron chi connectivity index (χ2n) is 9.76. The Morgan fingerprint density at radius 2 is 1.69 bits per heavy atom. The third-order valence-corrected chi connectivity index (χ3v) is 7.11. The molecule has 3 aromatic rings. The Kier molecular flexibility index (Phi) is 10.4. The minimum Gasteiger partial charge on any atom is -0.496 e. The van der Waals surface area contributed by atoms with Gasteiger partial charge in [-0.2, -0.15) is 0 Å². The molecule has 0 radical (unpaired) electrons. The molecule has 9 nitrogen and oxygen atoms in total. The average molecular weight is 575 g/mol. The van der Waals surface area contributed by atoms with Crippen LogP contribution in [0, 0.1) is 0 Å². The number of carbonyl (C=O) groups is 1. The number of nitrogens with one attached hydrogen (secondary N) is 1. The number of aliphatic hydroxyl groups is 1. The summed E-state index contributed by atoms with van der Waals surface area (Å²) in [6.07, 6.45) is 4.25. The minimum atomic E-state index is -1.22. The number of hydrogen-bond acceptors (Lipinski definition) is 8. The molecule has 9 heteroatoms. The van der Waals surface area contributed by atoms with Gasteiger partial charge in [0.05, 0.1) is 40.0 Å². The molecular weight excluding hydrogens is 536 g/mol. The third kappa shape index (κ3) is 7.03. The molecule has 2 N–H and O–H groups in total. The number of nitrogens with zero attached hydrogens (tertiary/aromatic N) is 1. The van der Waals surface area contributed by atoms with Crippen molar-refractivity contribution in [3.8, 4) is 23.0 Å². The highest BCUT2D eigenvalue weighted by atomic mass is 16.5. The van der Waals surface area contributed by atoms with Crippen molar-refractivity contribution in [3.63, 3.8) is 0 Å². The maximum absolute atomic E-state index is 14.0. The summed E-state index contributed by atoms with van der Waals surface area (Å²) in [7, 11) is 4.68. The van der Waals surface area contributed by atoms with Gasteiger partial charge in [-0.3, -0.25) is 4.79 Å². The van der Waals surface area contributed by atoms with E-state index in [1.165, 1.54) is 0 Å². The number of hydrogen-bond donors (Lipinski definition) is 2. The first-order chi connectivity index (χ1) is 20.4. The lowest BCUT2D eigenvalue weighted by Crippen LogP contribution is -2.50. The maximum Gasteiger partial charge on any atom is 0.252 e. The summed E-state index contributed by atoms with van der Waals surface area (Å²) in [5, 5.41) is 12.0. The zero-order valence-corrected chi connectivity index (χ0v) is 24.5. The van der Waals surface area contributed by atoms with Crippen molar-refractivity contribution >= 4 is 17.9 Å². The number of aliphatic imine (C=N–C) groups is 1. The molecule has 1 aliphatic heterocycles. The van der Waals surface area contributed by atoms with Crippen LogP contribution in [-0.2, 0) is 16.1 Å². The monoisotopic (exact) mass is 574 g/mol. The summed E-state index contributed by atoms with van der Waals surface area (Å²) in [6.45, 7) is 2.50. The summed E-state index contributed by atoms with van der Waals surface area (Å²) < 4.78 is 28.3. The minimum absolute atomic E-state index is 0.0709. The zero-order valence-electron chi connectivity index (χ0n) is 24.5. The van der Waals surface area contributed by atoms with Crippen LogP contribution in [0.25, 0.3) is 6.08 Å². The van der Waals surface area contributed by atoms with Crippen molar-refractivity contribution in [2.24, 2.45) is 4.99 Å². The predicted octanol–water partition coefficient (Wildman–Crippen LogP) is 4.80. The topological polar surface area (TPSA) is 108 Å². The number of amides is 1. The van der Waals surface area contributed by atoms with Crippen LogP contribution in [0.2, 0.25) is 0 Å².